The zero-order valence-corrected chi connectivity index (χ0v) is 38.3. The molecule has 0 atom stereocenters. The van der Waals surface area contributed by atoms with Crippen molar-refractivity contribution in [3.05, 3.63) is 120 Å². The number of azo groups is 3. The molecule has 0 amide bonds. The Kier molecular flexibility index (Phi) is 14.0. The van der Waals surface area contributed by atoms with E-state index in [9.17, 15) is 81.2 Å². The molecule has 0 unspecified atom stereocenters. The van der Waals surface area contributed by atoms with Crippen molar-refractivity contribution in [2.45, 2.75) is 21.6 Å². The summed E-state index contributed by atoms with van der Waals surface area (Å²) in [4.78, 5) is 8.74. The van der Waals surface area contributed by atoms with Crippen LogP contribution in [0.3, 0.4) is 0 Å². The van der Waals surface area contributed by atoms with Gasteiger partial charge in [-0.1, -0.05) is 42.5 Å². The summed E-state index contributed by atoms with van der Waals surface area (Å²) in [6.07, 6.45) is 0. The summed E-state index contributed by atoms with van der Waals surface area (Å²) in [5, 5.41) is 72.7. The Labute approximate surface area is 385 Å². The summed E-state index contributed by atoms with van der Waals surface area (Å²) in [6, 6.07) is 22.9. The van der Waals surface area contributed by atoms with E-state index in [1.165, 1.54) is 42.5 Å². The van der Waals surface area contributed by atoms with Gasteiger partial charge in [-0.05, 0) is 36.8 Å². The molecule has 0 fully saturated rings. The normalized spacial score (nSPS) is 12.6. The van der Waals surface area contributed by atoms with Crippen LogP contribution >= 0.6 is 0 Å². The number of hydrogen-bond donors (Lipinski definition) is 10. The van der Waals surface area contributed by atoms with Crippen LogP contribution in [0.1, 0.15) is 15.9 Å². The molecular formula is C40H31AsN6O18S3. The second kappa shape index (κ2) is 19.0. The number of nitrogens with zero attached hydrogens (tertiary/aromatic N) is 6. The van der Waals surface area contributed by atoms with Gasteiger partial charge in [0, 0.05) is 16.8 Å². The van der Waals surface area contributed by atoms with E-state index >= 15 is 0 Å². The van der Waals surface area contributed by atoms with Crippen LogP contribution in [0.4, 0.5) is 34.1 Å². The van der Waals surface area contributed by atoms with Crippen molar-refractivity contribution in [3.63, 3.8) is 0 Å². The number of phenols is 4. The van der Waals surface area contributed by atoms with Gasteiger partial charge in [-0.25, -0.2) is 4.79 Å². The third-order valence-corrected chi connectivity index (χ3v) is 14.0. The Balaban J connectivity index is 0.000000257. The number of aromatic carboxylic acids is 1. The number of aromatic hydroxyl groups is 4. The third kappa shape index (κ3) is 10.9. The Morgan fingerprint density at radius 1 is 0.515 bits per heavy atom. The van der Waals surface area contributed by atoms with Gasteiger partial charge in [-0.15, -0.1) is 10.2 Å². The van der Waals surface area contributed by atoms with Gasteiger partial charge in [0.2, 0.25) is 0 Å². The quantitative estimate of drug-likeness (QED) is 0.0352. The number of carboxylic acid groups (broad SMARTS) is 1. The van der Waals surface area contributed by atoms with E-state index in [1.807, 2.05) is 6.92 Å². The van der Waals surface area contributed by atoms with Crippen molar-refractivity contribution in [1.29, 1.82) is 0 Å². The van der Waals surface area contributed by atoms with E-state index in [4.69, 9.17) is 0 Å². The molecule has 0 aliphatic carbocycles. The van der Waals surface area contributed by atoms with Gasteiger partial charge >= 0.3 is 204 Å². The van der Waals surface area contributed by atoms with E-state index in [0.717, 1.165) is 29.8 Å². The number of phenolic OH excluding ortho intramolecular Hbond substituents is 4. The van der Waals surface area contributed by atoms with Gasteiger partial charge in [0.05, 0.1) is 5.56 Å². The number of hydrogen-bond acceptors (Lipinski definition) is 18. The Morgan fingerprint density at radius 3 is 1.53 bits per heavy atom. The van der Waals surface area contributed by atoms with Crippen LogP contribution in [0.15, 0.2) is 155 Å². The molecule has 0 radical (unpaired) electrons. The monoisotopic (exact) mass is 1050 g/mol. The van der Waals surface area contributed by atoms with Crippen LogP contribution in [0, 0.1) is 6.92 Å². The zero-order chi connectivity index (χ0) is 50.1. The number of carbonyl (C=O) groups is 1. The van der Waals surface area contributed by atoms with Gasteiger partial charge in [-0.2, -0.15) is 8.42 Å². The Hall–Kier alpha value is -7.46. The van der Waals surface area contributed by atoms with Crippen molar-refractivity contribution in [3.8, 4) is 23.0 Å². The number of aryl methyl sites for hydroxylation is 1. The molecule has 0 saturated heterocycles. The van der Waals surface area contributed by atoms with Crippen molar-refractivity contribution in [1.82, 2.24) is 0 Å². The molecule has 0 aliphatic heterocycles. The SMILES string of the molecule is Cc1ccc(O)c(N=Nc2c(O)cc(S(=O)(=O)O)c3ccccc23)c1.O=C(O)c1ccccc1N=Nc1c(S(=O)(=O)O)cc2cc(S(=O)(=O)O)c(N=Nc3ccccc3[As](=O)(O)O)c(O)c2c1O. The summed E-state index contributed by atoms with van der Waals surface area (Å²) in [7, 11) is -15.0. The molecule has 7 rings (SSSR count). The van der Waals surface area contributed by atoms with Crippen molar-refractivity contribution >= 4 is 111 Å². The number of fused-ring (bicyclic) bond motifs is 2. The molecule has 68 heavy (non-hydrogen) atoms. The van der Waals surface area contributed by atoms with E-state index in [2.05, 4.69) is 30.7 Å². The van der Waals surface area contributed by atoms with Crippen molar-refractivity contribution in [2.75, 3.05) is 0 Å². The van der Waals surface area contributed by atoms with E-state index in [-0.39, 0.29) is 33.8 Å². The van der Waals surface area contributed by atoms with Crippen LogP contribution < -0.4 is 4.35 Å². The maximum absolute atomic E-state index is 12.2. The molecule has 0 aromatic heterocycles. The van der Waals surface area contributed by atoms with Gasteiger partial charge in [0.25, 0.3) is 10.1 Å². The molecule has 0 heterocycles. The predicted molar refractivity (Wildman–Crippen MR) is 238 cm³/mol. The topological polar surface area (TPSA) is 413 Å². The molecule has 7 aromatic rings. The standard InChI is InChI=1S/C23H17AsN4O13S2.C17H14N2O5S/c29-21-18-11(9-16(42(36,37)38)19(21)27-25-14-7-3-1-5-12(14)23(31)32)10-17(43(39,40)41)20(22(18)30)28-26-15-8-4-2-6-13(15)24(33,34)35;1-10-6-7-14(20)13(8-10)18-19-17-12-5-3-2-4-11(12)16(9-15(17)21)25(22,23)24/h1-10,29-30H,(H,31,32)(H2,33,34,35)(H,36,37,38)(H,39,40,41);2-9,20-21H,1H3,(H,22,23,24). The first-order valence-corrected chi connectivity index (χ1v) is 26.1. The number of rotatable bonds is 11. The van der Waals surface area contributed by atoms with E-state index in [1.54, 1.807) is 30.3 Å². The molecular weight excluding hydrogens is 1020 g/mol. The summed E-state index contributed by atoms with van der Waals surface area (Å²) in [6.45, 7) is 1.83. The minimum atomic E-state index is -5.60. The second-order valence-electron chi connectivity index (χ2n) is 13.9. The van der Waals surface area contributed by atoms with Crippen LogP contribution in [0.25, 0.3) is 21.5 Å². The Morgan fingerprint density at radius 2 is 0.985 bits per heavy atom. The van der Waals surface area contributed by atoms with E-state index in [0.29, 0.717) is 17.5 Å². The summed E-state index contributed by atoms with van der Waals surface area (Å²) < 4.78 is 131. The summed E-state index contributed by atoms with van der Waals surface area (Å²) in [5.41, 5.74) is -2.07. The zero-order valence-electron chi connectivity index (χ0n) is 34.0. The third-order valence-electron chi connectivity index (χ3n) is 9.28. The molecule has 0 spiro atoms. The summed E-state index contributed by atoms with van der Waals surface area (Å²) in [5.74, 6) is -4.40. The van der Waals surface area contributed by atoms with Gasteiger partial charge in [-0.3, -0.25) is 4.55 Å². The second-order valence-corrected chi connectivity index (χ2v) is 21.4. The fraction of sp³-hybridized carbons (Fsp3) is 0.0250. The van der Waals surface area contributed by atoms with Crippen molar-refractivity contribution < 1.29 is 81.2 Å². The molecule has 352 valence electrons. The van der Waals surface area contributed by atoms with Crippen molar-refractivity contribution in [2.24, 2.45) is 30.7 Å². The minimum absolute atomic E-state index is 0.0314. The van der Waals surface area contributed by atoms with Crippen LogP contribution in [0.5, 0.6) is 23.0 Å². The first-order valence-electron chi connectivity index (χ1n) is 18.4. The molecule has 24 nitrogen and oxygen atoms in total. The Bertz CT molecular complexity index is 3710. The molecule has 28 heteroatoms. The van der Waals surface area contributed by atoms with Crippen LogP contribution in [-0.2, 0) is 34.1 Å². The van der Waals surface area contributed by atoms with Crippen LogP contribution in [-0.4, -0.2) is 92.8 Å². The molecule has 0 bridgehead atoms. The number of benzene rings is 7. The van der Waals surface area contributed by atoms with Gasteiger partial charge in [0.15, 0.2) is 0 Å². The van der Waals surface area contributed by atoms with E-state index < -0.39 is 115 Å². The molecule has 10 N–H and O–H groups in total. The first-order chi connectivity index (χ1) is 31.7. The first kappa shape index (κ1) is 50.0. The average molecular weight is 1050 g/mol. The fourth-order valence-electron chi connectivity index (χ4n) is 6.24. The number of carboxylic acids is 1. The average Bonchev–Trinajstić information content (AvgIpc) is 3.25. The van der Waals surface area contributed by atoms with Gasteiger partial charge in [0.1, 0.15) is 27.8 Å². The predicted octanol–water partition coefficient (Wildman–Crippen LogP) is 7.06. The molecule has 0 saturated carbocycles. The molecule has 7 aromatic carbocycles. The fourth-order valence-corrected chi connectivity index (χ4v) is 9.74. The van der Waals surface area contributed by atoms with Crippen LogP contribution in [0.2, 0.25) is 0 Å². The maximum atomic E-state index is 12.2. The molecule has 0 aliphatic rings. The summed E-state index contributed by atoms with van der Waals surface area (Å²) >= 11 is -5.60. The van der Waals surface area contributed by atoms with Gasteiger partial charge < -0.3 is 15.3 Å².